The molecule has 0 N–H and O–H groups in total. The first kappa shape index (κ1) is 4.44. The highest BCUT2D eigenvalue weighted by Gasteiger charge is 1.94. The molecule has 0 atom stereocenters. The Bertz CT molecular complexity index is 109. The molecule has 1 nitrogen and oxygen atoms in total. The first-order valence-electron chi connectivity index (χ1n) is 2.31. The van der Waals surface area contributed by atoms with E-state index in [0.29, 0.717) is 6.61 Å². The minimum atomic E-state index is 0.694. The summed E-state index contributed by atoms with van der Waals surface area (Å²) in [4.78, 5) is 0. The van der Waals surface area contributed by atoms with E-state index in [4.69, 9.17) is 4.74 Å². The van der Waals surface area contributed by atoms with Crippen LogP contribution in [0.3, 0.4) is 0 Å². The van der Waals surface area contributed by atoms with Gasteiger partial charge < -0.3 is 4.74 Å². The predicted octanol–water partition coefficient (Wildman–Crippen LogP) is 1.28. The number of allylic oxidation sites excluding steroid dienone is 2. The Morgan fingerprint density at radius 1 is 2.00 bits per heavy atom. The van der Waals surface area contributed by atoms with Gasteiger partial charge in [-0.2, -0.15) is 0 Å². The average molecular weight is 95.1 g/mol. The van der Waals surface area contributed by atoms with Crippen molar-refractivity contribution >= 4 is 0 Å². The summed E-state index contributed by atoms with van der Waals surface area (Å²) in [5.74, 6) is 0.861. The molecule has 1 radical (unpaired) electrons. The molecule has 1 heterocycles. The van der Waals surface area contributed by atoms with Gasteiger partial charge in [-0.05, 0) is 19.1 Å². The third kappa shape index (κ3) is 0.829. The predicted molar refractivity (Wildman–Crippen MR) is 27.5 cm³/mol. The zero-order valence-corrected chi connectivity index (χ0v) is 4.27. The molecule has 1 rings (SSSR count). The van der Waals surface area contributed by atoms with Crippen LogP contribution >= 0.6 is 0 Å². The molecule has 0 aromatic heterocycles. The molecule has 1 aliphatic heterocycles. The Morgan fingerprint density at radius 2 is 2.86 bits per heavy atom. The van der Waals surface area contributed by atoms with E-state index in [1.807, 2.05) is 19.1 Å². The molecular formula is C6H7O. The summed E-state index contributed by atoms with van der Waals surface area (Å²) in [6.07, 6.45) is 6.68. The molecule has 0 aromatic rings. The molecule has 0 aliphatic carbocycles. The highest BCUT2D eigenvalue weighted by Crippen LogP contribution is 2.03. The van der Waals surface area contributed by atoms with Gasteiger partial charge in [0.25, 0.3) is 0 Å². The first-order valence-corrected chi connectivity index (χ1v) is 2.31. The minimum Gasteiger partial charge on any atom is -0.489 e. The third-order valence-corrected chi connectivity index (χ3v) is 0.829. The number of ether oxygens (including phenoxy) is 1. The van der Waals surface area contributed by atoms with E-state index < -0.39 is 0 Å². The van der Waals surface area contributed by atoms with Crippen molar-refractivity contribution in [3.63, 3.8) is 0 Å². The van der Waals surface area contributed by atoms with Crippen LogP contribution in [0.25, 0.3) is 0 Å². The standard InChI is InChI=1S/C6H7O/c1-2-6-4-3-5-7-6/h2-3H,5H2,1H3. The smallest absolute Gasteiger partial charge is 0.123 e. The van der Waals surface area contributed by atoms with Crippen molar-refractivity contribution in [1.29, 1.82) is 0 Å². The molecule has 0 spiro atoms. The molecule has 1 heteroatoms. The number of hydrogen-bond acceptors (Lipinski definition) is 1. The molecular weight excluding hydrogens is 88.1 g/mol. The minimum absolute atomic E-state index is 0.694. The Morgan fingerprint density at radius 3 is 3.14 bits per heavy atom. The zero-order valence-electron chi connectivity index (χ0n) is 4.27. The monoisotopic (exact) mass is 95.0 g/mol. The second kappa shape index (κ2) is 1.82. The van der Waals surface area contributed by atoms with Crippen LogP contribution in [0.1, 0.15) is 6.92 Å². The average Bonchev–Trinajstić information content (AvgIpc) is 2.14. The summed E-state index contributed by atoms with van der Waals surface area (Å²) in [7, 11) is 0. The van der Waals surface area contributed by atoms with E-state index in [2.05, 4.69) is 6.08 Å². The van der Waals surface area contributed by atoms with Crippen LogP contribution in [-0.2, 0) is 4.74 Å². The van der Waals surface area contributed by atoms with E-state index in [1.165, 1.54) is 0 Å². The first-order chi connectivity index (χ1) is 3.43. The summed E-state index contributed by atoms with van der Waals surface area (Å²) in [6, 6.07) is 0. The molecule has 0 fully saturated rings. The van der Waals surface area contributed by atoms with Gasteiger partial charge in [0.2, 0.25) is 0 Å². The third-order valence-electron chi connectivity index (χ3n) is 0.829. The maximum absolute atomic E-state index is 5.00. The maximum Gasteiger partial charge on any atom is 0.123 e. The Kier molecular flexibility index (Phi) is 1.16. The van der Waals surface area contributed by atoms with Crippen LogP contribution in [0.4, 0.5) is 0 Å². The van der Waals surface area contributed by atoms with Crippen molar-refractivity contribution in [2.24, 2.45) is 0 Å². The quantitative estimate of drug-likeness (QED) is 0.440. The fraction of sp³-hybridized carbons (Fsp3) is 0.333. The highest BCUT2D eigenvalue weighted by atomic mass is 16.5. The zero-order chi connectivity index (χ0) is 5.11. The molecule has 0 aromatic carbocycles. The van der Waals surface area contributed by atoms with Crippen molar-refractivity contribution < 1.29 is 4.74 Å². The van der Waals surface area contributed by atoms with E-state index in [1.54, 1.807) is 0 Å². The van der Waals surface area contributed by atoms with Gasteiger partial charge in [0.1, 0.15) is 12.4 Å². The lowest BCUT2D eigenvalue weighted by Crippen LogP contribution is -1.77. The van der Waals surface area contributed by atoms with Crippen molar-refractivity contribution in [2.45, 2.75) is 6.92 Å². The van der Waals surface area contributed by atoms with Gasteiger partial charge in [0, 0.05) is 6.08 Å². The molecule has 0 saturated carbocycles. The highest BCUT2D eigenvalue weighted by molar-refractivity contribution is 5.08. The summed E-state index contributed by atoms with van der Waals surface area (Å²) >= 11 is 0. The largest absolute Gasteiger partial charge is 0.489 e. The van der Waals surface area contributed by atoms with Gasteiger partial charge in [-0.25, -0.2) is 0 Å². The molecule has 0 amide bonds. The summed E-state index contributed by atoms with van der Waals surface area (Å²) in [5, 5.41) is 0. The van der Waals surface area contributed by atoms with Crippen molar-refractivity contribution in [3.05, 3.63) is 24.0 Å². The van der Waals surface area contributed by atoms with Crippen molar-refractivity contribution in [3.8, 4) is 0 Å². The van der Waals surface area contributed by atoms with Gasteiger partial charge >= 0.3 is 0 Å². The van der Waals surface area contributed by atoms with Crippen LogP contribution in [-0.4, -0.2) is 6.61 Å². The van der Waals surface area contributed by atoms with Gasteiger partial charge in [0.05, 0.1) is 0 Å². The molecule has 37 valence electrons. The summed E-state index contributed by atoms with van der Waals surface area (Å²) < 4.78 is 5.00. The second-order valence-electron chi connectivity index (χ2n) is 1.31. The van der Waals surface area contributed by atoms with Crippen molar-refractivity contribution in [2.75, 3.05) is 6.61 Å². The van der Waals surface area contributed by atoms with Crippen LogP contribution in [0.15, 0.2) is 17.9 Å². The maximum atomic E-state index is 5.00. The molecule has 7 heavy (non-hydrogen) atoms. The fourth-order valence-electron chi connectivity index (χ4n) is 0.482. The van der Waals surface area contributed by atoms with E-state index >= 15 is 0 Å². The van der Waals surface area contributed by atoms with Gasteiger partial charge in [-0.1, -0.05) is 0 Å². The lowest BCUT2D eigenvalue weighted by molar-refractivity contribution is 0.276. The Hall–Kier alpha value is -0.720. The van der Waals surface area contributed by atoms with Crippen LogP contribution < -0.4 is 0 Å². The van der Waals surface area contributed by atoms with Crippen molar-refractivity contribution in [1.82, 2.24) is 0 Å². The fourth-order valence-corrected chi connectivity index (χ4v) is 0.482. The lowest BCUT2D eigenvalue weighted by atomic mass is 10.4. The van der Waals surface area contributed by atoms with Crippen LogP contribution in [0.2, 0.25) is 0 Å². The number of hydrogen-bond donors (Lipinski definition) is 0. The van der Waals surface area contributed by atoms with Gasteiger partial charge in [0.15, 0.2) is 0 Å². The van der Waals surface area contributed by atoms with Crippen LogP contribution in [0.5, 0.6) is 0 Å². The van der Waals surface area contributed by atoms with Gasteiger partial charge in [-0.15, -0.1) is 0 Å². The van der Waals surface area contributed by atoms with E-state index in [0.717, 1.165) is 5.76 Å². The lowest BCUT2D eigenvalue weighted by Gasteiger charge is -1.90. The molecule has 0 saturated heterocycles. The number of rotatable bonds is 0. The molecule has 0 unspecified atom stereocenters. The second-order valence-corrected chi connectivity index (χ2v) is 1.31. The molecule has 0 bridgehead atoms. The van der Waals surface area contributed by atoms with Gasteiger partial charge in [-0.3, -0.25) is 0 Å². The SMILES string of the molecule is CC=C1[C]=CCO1. The summed E-state index contributed by atoms with van der Waals surface area (Å²) in [5.41, 5.74) is 0. The molecule has 1 aliphatic rings. The Balaban J connectivity index is 2.59. The van der Waals surface area contributed by atoms with E-state index in [9.17, 15) is 0 Å². The summed E-state index contributed by atoms with van der Waals surface area (Å²) in [6.45, 7) is 2.63. The Labute approximate surface area is 43.3 Å². The topological polar surface area (TPSA) is 9.23 Å². The van der Waals surface area contributed by atoms with E-state index in [-0.39, 0.29) is 0 Å². The normalized spacial score (nSPS) is 23.3. The van der Waals surface area contributed by atoms with Crippen LogP contribution in [0, 0.1) is 6.08 Å².